The van der Waals surface area contributed by atoms with Crippen LogP contribution in [0, 0.1) is 0 Å². The summed E-state index contributed by atoms with van der Waals surface area (Å²) in [6.07, 6.45) is 0. The molecule has 4 aromatic rings. The van der Waals surface area contributed by atoms with Crippen LogP contribution in [-0.4, -0.2) is 43.1 Å². The average Bonchev–Trinajstić information content (AvgIpc) is 2.99. The van der Waals surface area contributed by atoms with E-state index in [1.165, 1.54) is 0 Å². The molecule has 4 aromatic carbocycles. The van der Waals surface area contributed by atoms with Gasteiger partial charge < -0.3 is 18.9 Å². The van der Waals surface area contributed by atoms with Gasteiger partial charge in [0.05, 0.1) is 0 Å². The van der Waals surface area contributed by atoms with Gasteiger partial charge in [-0.05, 0) is 41.0 Å². The molecule has 7 heteroatoms. The number of cyclic esters (lactones) is 2. The van der Waals surface area contributed by atoms with Crippen molar-refractivity contribution in [2.24, 2.45) is 0 Å². The fourth-order valence-corrected chi connectivity index (χ4v) is 4.47. The Morgan fingerprint density at radius 3 is 1.50 bits per heavy atom. The minimum Gasteiger partial charge on any atom is -0.488 e. The van der Waals surface area contributed by atoms with E-state index in [0.717, 1.165) is 16.7 Å². The Morgan fingerprint density at radius 2 is 0.975 bits per heavy atom. The number of para-hydroxylation sites is 2. The van der Waals surface area contributed by atoms with Crippen LogP contribution in [-0.2, 0) is 29.2 Å². The summed E-state index contributed by atoms with van der Waals surface area (Å²) in [4.78, 5) is 28.1. The Bertz CT molecular complexity index is 1350. The molecular formula is C33H31NO6. The highest BCUT2D eigenvalue weighted by Gasteiger charge is 2.18. The lowest BCUT2D eigenvalue weighted by Gasteiger charge is -2.22. The molecule has 0 radical (unpaired) electrons. The van der Waals surface area contributed by atoms with Gasteiger partial charge in [0.25, 0.3) is 0 Å². The molecular weight excluding hydrogens is 506 g/mol. The summed E-state index contributed by atoms with van der Waals surface area (Å²) in [6.45, 7) is 2.37. The summed E-state index contributed by atoms with van der Waals surface area (Å²) in [5.74, 6) is -0.00316. The largest absolute Gasteiger partial charge is 0.488 e. The Kier molecular flexibility index (Phi) is 9.06. The van der Waals surface area contributed by atoms with Crippen molar-refractivity contribution >= 4 is 11.9 Å². The number of benzene rings is 4. The molecule has 0 aromatic heterocycles. The van der Waals surface area contributed by atoms with Crippen LogP contribution in [0.2, 0.25) is 0 Å². The van der Waals surface area contributed by atoms with Crippen LogP contribution in [0.15, 0.2) is 103 Å². The molecule has 0 saturated heterocycles. The smallest absolute Gasteiger partial charge is 0.341 e. The zero-order valence-corrected chi connectivity index (χ0v) is 22.2. The molecule has 204 valence electrons. The van der Waals surface area contributed by atoms with Gasteiger partial charge in [-0.2, -0.15) is 0 Å². The van der Waals surface area contributed by atoms with Crippen molar-refractivity contribution in [3.8, 4) is 11.5 Å². The number of rotatable bonds is 2. The standard InChI is InChI=1S/C33H31NO6/c35-32-28-14-6-8-16-30(28)39-23-26-12-4-5-13-27(26)24-40-31-17-9-7-15-29(31)33(36)38-21-19-34(18-20-37-32)22-25-10-2-1-3-11-25/h1-17H,18-24H2. The van der Waals surface area contributed by atoms with Crippen LogP contribution in [0.4, 0.5) is 0 Å². The lowest BCUT2D eigenvalue weighted by Crippen LogP contribution is -2.32. The molecule has 0 aliphatic carbocycles. The van der Waals surface area contributed by atoms with Gasteiger partial charge in [-0.25, -0.2) is 9.59 Å². The summed E-state index contributed by atoms with van der Waals surface area (Å²) in [7, 11) is 0. The minimum absolute atomic E-state index is 0.174. The SMILES string of the molecule is O=C1OCCN(Cc2ccccc2)CCOC(=O)c2ccccc2OCc2ccccc2COc2ccccc21. The number of carbonyl (C=O) groups excluding carboxylic acids is 2. The van der Waals surface area contributed by atoms with E-state index in [2.05, 4.69) is 4.90 Å². The molecule has 0 N–H and O–H groups in total. The normalized spacial score (nSPS) is 15.3. The molecule has 1 aliphatic heterocycles. The fourth-order valence-electron chi connectivity index (χ4n) is 4.47. The summed E-state index contributed by atoms with van der Waals surface area (Å²) in [6, 6.07) is 31.9. The zero-order chi connectivity index (χ0) is 27.6. The molecule has 0 saturated carbocycles. The van der Waals surface area contributed by atoms with Gasteiger partial charge in [-0.1, -0.05) is 78.9 Å². The third kappa shape index (κ3) is 7.07. The number of hydrogen-bond acceptors (Lipinski definition) is 7. The van der Waals surface area contributed by atoms with Crippen LogP contribution in [0.1, 0.15) is 37.4 Å². The van der Waals surface area contributed by atoms with Crippen LogP contribution in [0.5, 0.6) is 11.5 Å². The molecule has 0 bridgehead atoms. The van der Waals surface area contributed by atoms with Crippen molar-refractivity contribution in [3.63, 3.8) is 0 Å². The zero-order valence-electron chi connectivity index (χ0n) is 22.2. The van der Waals surface area contributed by atoms with Crippen molar-refractivity contribution in [2.75, 3.05) is 26.3 Å². The molecule has 0 spiro atoms. The van der Waals surface area contributed by atoms with E-state index in [1.54, 1.807) is 36.4 Å². The van der Waals surface area contributed by atoms with E-state index < -0.39 is 11.9 Å². The number of esters is 2. The number of hydrogen-bond donors (Lipinski definition) is 0. The maximum Gasteiger partial charge on any atom is 0.341 e. The van der Waals surface area contributed by atoms with Gasteiger partial charge in [0, 0.05) is 19.6 Å². The summed E-state index contributed by atoms with van der Waals surface area (Å²) in [5.41, 5.74) is 3.65. The number of ether oxygens (including phenoxy) is 4. The van der Waals surface area contributed by atoms with Crippen molar-refractivity contribution < 1.29 is 28.5 Å². The fraction of sp³-hybridized carbons (Fsp3) is 0.212. The minimum atomic E-state index is -0.452. The van der Waals surface area contributed by atoms with Crippen molar-refractivity contribution in [1.29, 1.82) is 0 Å². The van der Waals surface area contributed by atoms with Gasteiger partial charge in [0.2, 0.25) is 0 Å². The molecule has 5 rings (SSSR count). The Balaban J connectivity index is 1.40. The van der Waals surface area contributed by atoms with Gasteiger partial charge in [-0.3, -0.25) is 4.90 Å². The highest BCUT2D eigenvalue weighted by Crippen LogP contribution is 2.24. The van der Waals surface area contributed by atoms with E-state index in [0.29, 0.717) is 42.3 Å². The Labute approximate surface area is 233 Å². The highest BCUT2D eigenvalue weighted by atomic mass is 16.5. The maximum atomic E-state index is 13.0. The first-order valence-electron chi connectivity index (χ1n) is 13.3. The van der Waals surface area contributed by atoms with Crippen LogP contribution < -0.4 is 9.47 Å². The third-order valence-electron chi connectivity index (χ3n) is 6.63. The molecule has 0 fully saturated rings. The third-order valence-corrected chi connectivity index (χ3v) is 6.63. The van der Waals surface area contributed by atoms with Crippen LogP contribution >= 0.6 is 0 Å². The Hall–Kier alpha value is -4.62. The quantitative estimate of drug-likeness (QED) is 0.305. The van der Waals surface area contributed by atoms with Crippen LogP contribution in [0.3, 0.4) is 0 Å². The molecule has 0 unspecified atom stereocenters. The van der Waals surface area contributed by atoms with Gasteiger partial charge in [-0.15, -0.1) is 0 Å². The highest BCUT2D eigenvalue weighted by molar-refractivity contribution is 5.93. The molecule has 1 aliphatic rings. The molecule has 40 heavy (non-hydrogen) atoms. The molecule has 7 nitrogen and oxygen atoms in total. The van der Waals surface area contributed by atoms with Crippen LogP contribution in [0.25, 0.3) is 0 Å². The van der Waals surface area contributed by atoms with Gasteiger partial charge in [0.1, 0.15) is 49.1 Å². The molecule has 0 amide bonds. The first-order valence-corrected chi connectivity index (χ1v) is 13.3. The predicted molar refractivity (Wildman–Crippen MR) is 150 cm³/mol. The first-order chi connectivity index (χ1) is 19.7. The number of carbonyl (C=O) groups is 2. The topological polar surface area (TPSA) is 74.3 Å². The second-order valence-corrected chi connectivity index (χ2v) is 9.37. The lowest BCUT2D eigenvalue weighted by atomic mass is 10.1. The van der Waals surface area contributed by atoms with E-state index in [4.69, 9.17) is 18.9 Å². The molecule has 1 heterocycles. The van der Waals surface area contributed by atoms with E-state index in [-0.39, 0.29) is 26.4 Å². The second-order valence-electron chi connectivity index (χ2n) is 9.37. The van der Waals surface area contributed by atoms with E-state index in [9.17, 15) is 9.59 Å². The first kappa shape index (κ1) is 27.0. The van der Waals surface area contributed by atoms with Crippen molar-refractivity contribution in [1.82, 2.24) is 4.90 Å². The average molecular weight is 538 g/mol. The monoisotopic (exact) mass is 537 g/mol. The van der Waals surface area contributed by atoms with Crippen molar-refractivity contribution in [3.05, 3.63) is 131 Å². The van der Waals surface area contributed by atoms with Crippen molar-refractivity contribution in [2.45, 2.75) is 19.8 Å². The maximum absolute atomic E-state index is 13.0. The second kappa shape index (κ2) is 13.4. The van der Waals surface area contributed by atoms with Gasteiger partial charge >= 0.3 is 11.9 Å². The predicted octanol–water partition coefficient (Wildman–Crippen LogP) is 5.67. The molecule has 0 atom stereocenters. The summed E-state index contributed by atoms with van der Waals surface area (Å²) < 4.78 is 23.5. The number of fused-ring (bicyclic) bond motifs is 3. The lowest BCUT2D eigenvalue weighted by molar-refractivity contribution is 0.0385. The summed E-state index contributed by atoms with van der Waals surface area (Å²) >= 11 is 0. The summed E-state index contributed by atoms with van der Waals surface area (Å²) in [5, 5.41) is 0. The number of nitrogens with zero attached hydrogens (tertiary/aromatic N) is 1. The van der Waals surface area contributed by atoms with Gasteiger partial charge in [0.15, 0.2) is 0 Å². The van der Waals surface area contributed by atoms with E-state index in [1.807, 2.05) is 66.7 Å². The van der Waals surface area contributed by atoms with E-state index >= 15 is 0 Å². The Morgan fingerprint density at radius 1 is 0.525 bits per heavy atom.